The summed E-state index contributed by atoms with van der Waals surface area (Å²) in [6.45, 7) is 0. The number of hydrogen-bond donors (Lipinski definition) is 0. The van der Waals surface area contributed by atoms with Gasteiger partial charge in [-0.1, -0.05) is 0 Å². The highest BCUT2D eigenvalue weighted by molar-refractivity contribution is 5.86. The maximum atomic E-state index is 0. The largest absolute Gasteiger partial charge is 0.147 e. The van der Waals surface area contributed by atoms with Crippen LogP contribution < -0.4 is 0 Å². The predicted octanol–water partition coefficient (Wildman–Crippen LogP) is 0.657. The minimum atomic E-state index is 0. The first-order valence-electron chi connectivity index (χ1n) is 0. The highest BCUT2D eigenvalue weighted by Crippen LogP contribution is 0.694. The molecule has 0 amide bonds. The van der Waals surface area contributed by atoms with Crippen molar-refractivity contribution in [3.05, 3.63) is 0 Å². The lowest BCUT2D eigenvalue weighted by Gasteiger charge is -0.148. The summed E-state index contributed by atoms with van der Waals surface area (Å²) in [5.74, 6) is 0. The highest BCUT2D eigenvalue weighted by Gasteiger charge is -0.0148. The Hall–Kier alpha value is 1.67. The lowest BCUT2D eigenvalue weighted by atomic mass is 28.1. The Morgan fingerprint density at radius 3 is 0.333 bits per heavy atom. The van der Waals surface area contributed by atoms with Crippen molar-refractivity contribution in [2.75, 3.05) is 0 Å². The van der Waals surface area contributed by atoms with Crippen LogP contribution in [0.3, 0.4) is 0 Å². The van der Waals surface area contributed by atoms with Gasteiger partial charge in [0.1, 0.15) is 0 Å². The van der Waals surface area contributed by atoms with Crippen molar-refractivity contribution in [1.29, 1.82) is 0 Å². The van der Waals surface area contributed by atoms with Crippen molar-refractivity contribution >= 4 is 73.0 Å². The zero-order valence-electron chi connectivity index (χ0n) is 2.04. The number of hydrogen-bond acceptors (Lipinski definition) is 0. The Balaban J connectivity index is 0. The molecule has 0 aliphatic heterocycles. The van der Waals surface area contributed by atoms with Gasteiger partial charge in [-0.3, -0.25) is 0 Å². The molecule has 0 aliphatic rings. The van der Waals surface area contributed by atoms with Gasteiger partial charge in [-0.25, -0.2) is 0 Å². The van der Waals surface area contributed by atoms with Crippen molar-refractivity contribution in [2.45, 2.75) is 0 Å². The quantitative estimate of drug-likeness (QED) is 0.520. The van der Waals surface area contributed by atoms with E-state index in [4.69, 9.17) is 0 Å². The second-order valence-electron chi connectivity index (χ2n) is 0. The molecule has 0 bridgehead atoms. The maximum absolute atomic E-state index is 0. The summed E-state index contributed by atoms with van der Waals surface area (Å²) in [4.78, 5) is 0. The molecule has 0 rings (SSSR count). The average molecular weight is 214 g/mol. The summed E-state index contributed by atoms with van der Waals surface area (Å²) in [6, 6.07) is 0. The molecule has 0 heterocycles. The molecule has 0 saturated heterocycles. The van der Waals surface area contributed by atoms with Crippen LogP contribution >= 0.6 is 62.0 Å². The summed E-state index contributed by atoms with van der Waals surface area (Å²) in [5.41, 5.74) is 0. The van der Waals surface area contributed by atoms with Crippen LogP contribution in [0.2, 0.25) is 0 Å². The molecule has 0 aromatic carbocycles. The molecule has 0 saturated carbocycles. The van der Waals surface area contributed by atoms with Gasteiger partial charge in [0, 0.05) is 0 Å². The van der Waals surface area contributed by atoms with Gasteiger partial charge in [0.05, 0.1) is 0 Å². The molecule has 6 heavy (non-hydrogen) atoms. The lowest BCUT2D eigenvalue weighted by Crippen LogP contribution is -0.381. The summed E-state index contributed by atoms with van der Waals surface area (Å²) in [7, 11) is 0. The SMILES string of the molecule is Cl.Cl.Cl.Cl.Cl.[SiH4]. The fourth-order valence-corrected chi connectivity index (χ4v) is 0. The standard InChI is InChI=1S/5ClH.H4Si/h5*1H;1H4. The third-order valence-electron chi connectivity index (χ3n) is 0. The van der Waals surface area contributed by atoms with Crippen LogP contribution in [0.15, 0.2) is 0 Å². The molecule has 0 radical (unpaired) electrons. The first-order valence-corrected chi connectivity index (χ1v) is 0. The average Bonchev–Trinajstić information content (AvgIpc) is 0. The third-order valence-corrected chi connectivity index (χ3v) is 0. The van der Waals surface area contributed by atoms with Crippen LogP contribution in [0, 0.1) is 0 Å². The summed E-state index contributed by atoms with van der Waals surface area (Å²) in [5, 5.41) is 0. The van der Waals surface area contributed by atoms with E-state index in [0.717, 1.165) is 0 Å². The van der Waals surface area contributed by atoms with E-state index in [0.29, 0.717) is 0 Å². The second-order valence-corrected chi connectivity index (χ2v) is 0. The van der Waals surface area contributed by atoms with Crippen molar-refractivity contribution < 1.29 is 0 Å². The smallest absolute Gasteiger partial charge is 0.0149 e. The molecule has 0 atom stereocenters. The molecule has 6 heteroatoms. The second kappa shape index (κ2) is 77.1. The van der Waals surface area contributed by atoms with Gasteiger partial charge in [-0.05, 0) is 11.0 Å². The number of rotatable bonds is 0. The van der Waals surface area contributed by atoms with Crippen LogP contribution in [0.4, 0.5) is 0 Å². The fraction of sp³-hybridized carbons (Fsp3) is 0. The molecule has 0 N–H and O–H groups in total. The minimum Gasteiger partial charge on any atom is -0.147 e. The van der Waals surface area contributed by atoms with E-state index < -0.39 is 0 Å². The fourth-order valence-electron chi connectivity index (χ4n) is 0. The molecule has 0 aromatic heterocycles. The van der Waals surface area contributed by atoms with E-state index >= 15 is 0 Å². The van der Waals surface area contributed by atoms with Crippen LogP contribution in [0.5, 0.6) is 0 Å². The van der Waals surface area contributed by atoms with Crippen molar-refractivity contribution in [3.63, 3.8) is 0 Å². The summed E-state index contributed by atoms with van der Waals surface area (Å²) in [6.07, 6.45) is 0. The van der Waals surface area contributed by atoms with Crippen molar-refractivity contribution in [1.82, 2.24) is 0 Å². The topological polar surface area (TPSA) is 0 Å². The number of halogens is 5. The Bertz CT molecular complexity index is 3.90. The Labute approximate surface area is 72.9 Å². The van der Waals surface area contributed by atoms with Crippen molar-refractivity contribution in [2.24, 2.45) is 0 Å². The molecular weight excluding hydrogens is 205 g/mol. The van der Waals surface area contributed by atoms with Crippen LogP contribution in [-0.4, -0.2) is 11.0 Å². The van der Waals surface area contributed by atoms with Crippen molar-refractivity contribution in [3.8, 4) is 0 Å². The highest BCUT2D eigenvalue weighted by atomic mass is 35.5. The van der Waals surface area contributed by atoms with E-state index in [1.807, 2.05) is 0 Å². The predicted molar refractivity (Wildman–Crippen MR) is 47.6 cm³/mol. The van der Waals surface area contributed by atoms with Gasteiger partial charge in [0.15, 0.2) is 0 Å². The minimum absolute atomic E-state index is 0. The molecular formula is H9Cl5Si. The van der Waals surface area contributed by atoms with Gasteiger partial charge in [-0.2, -0.15) is 0 Å². The first kappa shape index (κ1) is 123. The first-order chi connectivity index (χ1) is 0. The van der Waals surface area contributed by atoms with Gasteiger partial charge in [-0.15, -0.1) is 62.0 Å². The monoisotopic (exact) mass is 212 g/mol. The van der Waals surface area contributed by atoms with Crippen LogP contribution in [0.1, 0.15) is 0 Å². The molecule has 0 fully saturated rings. The van der Waals surface area contributed by atoms with E-state index in [1.165, 1.54) is 0 Å². The normalized spacial score (nSPS) is 0. The molecule has 48 valence electrons. The van der Waals surface area contributed by atoms with Gasteiger partial charge >= 0.3 is 0 Å². The van der Waals surface area contributed by atoms with E-state index in [-0.39, 0.29) is 73.0 Å². The maximum Gasteiger partial charge on any atom is -0.0149 e. The van der Waals surface area contributed by atoms with Crippen LogP contribution in [0.25, 0.3) is 0 Å². The zero-order valence-corrected chi connectivity index (χ0v) is 6.12. The Morgan fingerprint density at radius 2 is 0.333 bits per heavy atom. The Kier molecular flexibility index (Phi) is 1580. The van der Waals surface area contributed by atoms with E-state index in [2.05, 4.69) is 0 Å². The van der Waals surface area contributed by atoms with Gasteiger partial charge in [0.25, 0.3) is 0 Å². The van der Waals surface area contributed by atoms with Gasteiger partial charge < -0.3 is 0 Å². The molecule has 0 spiro atoms. The zero-order chi connectivity index (χ0) is 0. The van der Waals surface area contributed by atoms with Crippen LogP contribution in [-0.2, 0) is 0 Å². The molecule has 0 aliphatic carbocycles. The Morgan fingerprint density at radius 1 is 0.333 bits per heavy atom. The summed E-state index contributed by atoms with van der Waals surface area (Å²) < 4.78 is 0. The molecule has 0 unspecified atom stereocenters. The lowest BCUT2D eigenvalue weighted by molar-refractivity contribution is 5.75. The van der Waals surface area contributed by atoms with E-state index in [9.17, 15) is 0 Å². The summed E-state index contributed by atoms with van der Waals surface area (Å²) >= 11 is 0. The molecule has 0 aromatic rings. The third kappa shape index (κ3) is 44.4. The molecule has 0 nitrogen and oxygen atoms in total. The van der Waals surface area contributed by atoms with Gasteiger partial charge in [0.2, 0.25) is 0 Å². The van der Waals surface area contributed by atoms with E-state index in [1.54, 1.807) is 0 Å².